The summed E-state index contributed by atoms with van der Waals surface area (Å²) in [5.74, 6) is -0.513. The molecular weight excluding hydrogens is 418 g/mol. The minimum Gasteiger partial charge on any atom is -0.466 e. The van der Waals surface area contributed by atoms with Gasteiger partial charge in [-0.15, -0.1) is 11.3 Å². The van der Waals surface area contributed by atoms with Gasteiger partial charge in [-0.25, -0.2) is 4.79 Å². The molecule has 1 atom stereocenters. The molecule has 1 aromatic heterocycles. The first kappa shape index (κ1) is 20.7. The molecule has 1 fully saturated rings. The summed E-state index contributed by atoms with van der Waals surface area (Å²) < 4.78 is 6.38. The monoisotopic (exact) mass is 443 g/mol. The van der Waals surface area contributed by atoms with Gasteiger partial charge in [0.1, 0.15) is 0 Å². The number of allylic oxidation sites excluding steroid dienone is 3. The van der Waals surface area contributed by atoms with Gasteiger partial charge >= 0.3 is 5.97 Å². The van der Waals surface area contributed by atoms with Gasteiger partial charge in [0.15, 0.2) is 5.78 Å². The van der Waals surface area contributed by atoms with Crippen LogP contribution in [-0.2, 0) is 14.3 Å². The summed E-state index contributed by atoms with van der Waals surface area (Å²) >= 11 is 1.66. The van der Waals surface area contributed by atoms with Crippen LogP contribution >= 0.6 is 11.3 Å². The Bertz CT molecular complexity index is 1290. The van der Waals surface area contributed by atoms with Gasteiger partial charge in [0.05, 0.1) is 12.7 Å². The third-order valence-electron chi connectivity index (χ3n) is 6.39. The SMILES string of the molecule is COC(=O)C1=C(C2CC2)NC(C)=C(C(C)=O)C1c1csc2c(-c3ccccc3)cccc12. The molecule has 2 aliphatic rings. The lowest BCUT2D eigenvalue weighted by atomic mass is 9.78. The second-order valence-corrected chi connectivity index (χ2v) is 9.37. The van der Waals surface area contributed by atoms with Crippen molar-refractivity contribution in [3.63, 3.8) is 0 Å². The van der Waals surface area contributed by atoms with Crippen molar-refractivity contribution in [2.75, 3.05) is 7.11 Å². The molecule has 1 unspecified atom stereocenters. The maximum Gasteiger partial charge on any atom is 0.336 e. The predicted molar refractivity (Wildman–Crippen MR) is 128 cm³/mol. The molecule has 32 heavy (non-hydrogen) atoms. The van der Waals surface area contributed by atoms with Gasteiger partial charge in [0.25, 0.3) is 0 Å². The van der Waals surface area contributed by atoms with Crippen molar-refractivity contribution < 1.29 is 14.3 Å². The number of nitrogens with one attached hydrogen (secondary N) is 1. The van der Waals surface area contributed by atoms with Crippen LogP contribution in [0.2, 0.25) is 0 Å². The van der Waals surface area contributed by atoms with E-state index < -0.39 is 5.92 Å². The number of ketones is 1. The van der Waals surface area contributed by atoms with Crippen LogP contribution in [0.3, 0.4) is 0 Å². The molecule has 1 aliphatic heterocycles. The minimum absolute atomic E-state index is 0.0326. The Morgan fingerprint density at radius 1 is 1.03 bits per heavy atom. The number of benzene rings is 2. The van der Waals surface area contributed by atoms with Crippen molar-refractivity contribution in [1.82, 2.24) is 5.32 Å². The molecule has 1 N–H and O–H groups in total. The van der Waals surface area contributed by atoms with E-state index in [4.69, 9.17) is 4.74 Å². The highest BCUT2D eigenvalue weighted by molar-refractivity contribution is 7.18. The first-order chi connectivity index (χ1) is 15.5. The highest BCUT2D eigenvalue weighted by Gasteiger charge is 2.42. The molecule has 5 rings (SSSR count). The number of esters is 1. The van der Waals surface area contributed by atoms with Crippen molar-refractivity contribution in [3.8, 4) is 11.1 Å². The zero-order valence-corrected chi connectivity index (χ0v) is 19.2. The van der Waals surface area contributed by atoms with E-state index >= 15 is 0 Å². The fourth-order valence-electron chi connectivity index (χ4n) is 4.81. The number of hydrogen-bond donors (Lipinski definition) is 1. The highest BCUT2D eigenvalue weighted by atomic mass is 32.1. The molecule has 0 bridgehead atoms. The summed E-state index contributed by atoms with van der Waals surface area (Å²) in [6, 6.07) is 16.6. The average molecular weight is 444 g/mol. The molecule has 0 spiro atoms. The standard InChI is InChI=1S/C27H25NO3S/c1-15-22(16(2)29)23(24(27(30)31-3)25(28-15)18-12-13-18)21-14-32-26-19(10-7-11-20(21)26)17-8-5-4-6-9-17/h4-11,14,18,23,28H,12-13H2,1-3H3. The molecule has 2 heterocycles. The number of thiophene rings is 1. The van der Waals surface area contributed by atoms with Crippen molar-refractivity contribution in [2.24, 2.45) is 5.92 Å². The van der Waals surface area contributed by atoms with Crippen molar-refractivity contribution in [2.45, 2.75) is 32.6 Å². The number of ether oxygens (including phenoxy) is 1. The van der Waals surface area contributed by atoms with Crippen molar-refractivity contribution in [1.29, 1.82) is 0 Å². The van der Waals surface area contributed by atoms with Gasteiger partial charge in [-0.3, -0.25) is 4.79 Å². The number of Topliss-reactive ketones (excluding diaryl/α,β-unsaturated/α-hetero) is 1. The first-order valence-corrected chi connectivity index (χ1v) is 11.8. The Kier molecular flexibility index (Phi) is 5.22. The van der Waals surface area contributed by atoms with Crippen molar-refractivity contribution >= 4 is 33.2 Å². The number of fused-ring (bicyclic) bond motifs is 1. The van der Waals surface area contributed by atoms with Crippen LogP contribution in [0.1, 0.15) is 38.2 Å². The first-order valence-electron chi connectivity index (χ1n) is 10.9. The van der Waals surface area contributed by atoms with Crippen LogP contribution in [0.25, 0.3) is 21.2 Å². The van der Waals surface area contributed by atoms with E-state index in [2.05, 4.69) is 41.0 Å². The summed E-state index contributed by atoms with van der Waals surface area (Å²) in [4.78, 5) is 25.9. The second kappa shape index (κ2) is 8.06. The van der Waals surface area contributed by atoms with Gasteiger partial charge in [0.2, 0.25) is 0 Å². The summed E-state index contributed by atoms with van der Waals surface area (Å²) in [5.41, 5.74) is 6.27. The lowest BCUT2D eigenvalue weighted by Crippen LogP contribution is -2.32. The smallest absolute Gasteiger partial charge is 0.336 e. The average Bonchev–Trinajstić information content (AvgIpc) is 3.56. The second-order valence-electron chi connectivity index (χ2n) is 8.49. The number of rotatable bonds is 5. The van der Waals surface area contributed by atoms with E-state index in [0.717, 1.165) is 51.0 Å². The van der Waals surface area contributed by atoms with Crippen LogP contribution in [-0.4, -0.2) is 18.9 Å². The molecule has 3 aromatic rings. The van der Waals surface area contributed by atoms with E-state index in [1.807, 2.05) is 25.1 Å². The molecule has 4 nitrogen and oxygen atoms in total. The van der Waals surface area contributed by atoms with E-state index in [0.29, 0.717) is 17.1 Å². The normalized spacial score (nSPS) is 18.7. The molecule has 1 aliphatic carbocycles. The molecular formula is C27H25NO3S. The van der Waals surface area contributed by atoms with E-state index in [9.17, 15) is 9.59 Å². The maximum atomic E-state index is 13.1. The number of dihydropyridines is 1. The Hall–Kier alpha value is -3.18. The third kappa shape index (κ3) is 3.37. The zero-order valence-electron chi connectivity index (χ0n) is 18.4. The molecule has 5 heteroatoms. The molecule has 2 aromatic carbocycles. The van der Waals surface area contributed by atoms with Gasteiger partial charge < -0.3 is 10.1 Å². The Balaban J connectivity index is 1.76. The van der Waals surface area contributed by atoms with Crippen LogP contribution in [0.5, 0.6) is 0 Å². The molecule has 0 amide bonds. The quantitative estimate of drug-likeness (QED) is 0.495. The Morgan fingerprint density at radius 2 is 1.78 bits per heavy atom. The fraction of sp³-hybridized carbons (Fsp3) is 0.259. The van der Waals surface area contributed by atoms with Crippen LogP contribution < -0.4 is 5.32 Å². The minimum atomic E-state index is -0.434. The van der Waals surface area contributed by atoms with Gasteiger partial charge in [-0.2, -0.15) is 0 Å². The molecule has 162 valence electrons. The van der Waals surface area contributed by atoms with Crippen LogP contribution in [0.15, 0.2) is 76.5 Å². The Morgan fingerprint density at radius 3 is 2.44 bits per heavy atom. The summed E-state index contributed by atoms with van der Waals surface area (Å²) in [7, 11) is 1.41. The van der Waals surface area contributed by atoms with Crippen LogP contribution in [0.4, 0.5) is 0 Å². The fourth-order valence-corrected chi connectivity index (χ4v) is 5.94. The summed E-state index contributed by atoms with van der Waals surface area (Å²) in [6.07, 6.45) is 2.08. The molecule has 1 saturated carbocycles. The molecule has 0 radical (unpaired) electrons. The number of methoxy groups -OCH3 is 1. The lowest BCUT2D eigenvalue weighted by Gasteiger charge is -2.31. The summed E-state index contributed by atoms with van der Waals surface area (Å²) in [5, 5.41) is 6.58. The van der Waals surface area contributed by atoms with E-state index in [1.165, 1.54) is 7.11 Å². The molecule has 0 saturated heterocycles. The zero-order chi connectivity index (χ0) is 22.4. The Labute approximate surface area is 191 Å². The van der Waals surface area contributed by atoms with Crippen LogP contribution in [0, 0.1) is 5.92 Å². The number of carbonyl (C=O) groups excluding carboxylic acids is 2. The predicted octanol–water partition coefficient (Wildman–Crippen LogP) is 5.96. The third-order valence-corrected chi connectivity index (χ3v) is 7.44. The lowest BCUT2D eigenvalue weighted by molar-refractivity contribution is -0.136. The van der Waals surface area contributed by atoms with E-state index in [1.54, 1.807) is 18.3 Å². The maximum absolute atomic E-state index is 13.1. The highest BCUT2D eigenvalue weighted by Crippen LogP contribution is 2.49. The summed E-state index contributed by atoms with van der Waals surface area (Å²) in [6.45, 7) is 3.51. The van der Waals surface area contributed by atoms with Gasteiger partial charge in [0, 0.05) is 27.6 Å². The van der Waals surface area contributed by atoms with Gasteiger partial charge in [-0.1, -0.05) is 48.5 Å². The number of hydrogen-bond acceptors (Lipinski definition) is 5. The van der Waals surface area contributed by atoms with Crippen molar-refractivity contribution in [3.05, 3.63) is 82.0 Å². The number of carbonyl (C=O) groups is 2. The topological polar surface area (TPSA) is 55.4 Å². The van der Waals surface area contributed by atoms with E-state index in [-0.39, 0.29) is 11.8 Å². The largest absolute Gasteiger partial charge is 0.466 e. The van der Waals surface area contributed by atoms with Gasteiger partial charge in [-0.05, 0) is 60.1 Å².